The van der Waals surface area contributed by atoms with Gasteiger partial charge in [0.15, 0.2) is 0 Å². The van der Waals surface area contributed by atoms with Crippen LogP contribution in [0.5, 0.6) is 0 Å². The summed E-state index contributed by atoms with van der Waals surface area (Å²) in [5, 5.41) is 0. The molecular formula is C16H21N3O2. The van der Waals surface area contributed by atoms with E-state index in [9.17, 15) is 9.59 Å². The van der Waals surface area contributed by atoms with E-state index < -0.39 is 6.04 Å². The number of aryl methyl sites for hydroxylation is 1. The number of hydrogen-bond donors (Lipinski definition) is 0. The van der Waals surface area contributed by atoms with E-state index in [1.807, 2.05) is 19.9 Å². The van der Waals surface area contributed by atoms with E-state index in [0.717, 1.165) is 30.5 Å². The van der Waals surface area contributed by atoms with E-state index in [4.69, 9.17) is 0 Å². The van der Waals surface area contributed by atoms with Gasteiger partial charge in [0.2, 0.25) is 5.91 Å². The summed E-state index contributed by atoms with van der Waals surface area (Å²) < 4.78 is 0. The Kier molecular flexibility index (Phi) is 3.66. The molecule has 0 spiro atoms. The predicted octanol–water partition coefficient (Wildman–Crippen LogP) is 1.90. The molecule has 2 saturated heterocycles. The van der Waals surface area contributed by atoms with Gasteiger partial charge in [0.05, 0.1) is 11.9 Å². The first kappa shape index (κ1) is 14.0. The quantitative estimate of drug-likeness (QED) is 0.834. The Morgan fingerprint density at radius 1 is 1.24 bits per heavy atom. The van der Waals surface area contributed by atoms with E-state index in [0.29, 0.717) is 13.0 Å². The van der Waals surface area contributed by atoms with E-state index in [-0.39, 0.29) is 17.9 Å². The summed E-state index contributed by atoms with van der Waals surface area (Å²) in [6.07, 6.45) is 6.85. The average molecular weight is 287 g/mol. The summed E-state index contributed by atoms with van der Waals surface area (Å²) >= 11 is 0. The first-order valence-electron chi connectivity index (χ1n) is 7.68. The third kappa shape index (κ3) is 2.30. The molecule has 21 heavy (non-hydrogen) atoms. The Morgan fingerprint density at radius 2 is 2.05 bits per heavy atom. The summed E-state index contributed by atoms with van der Waals surface area (Å²) in [5.74, 6) is 0.136. The van der Waals surface area contributed by atoms with Gasteiger partial charge in [-0.1, -0.05) is 6.92 Å². The topological polar surface area (TPSA) is 53.5 Å². The van der Waals surface area contributed by atoms with Crippen LogP contribution in [0.4, 0.5) is 5.69 Å². The third-order valence-corrected chi connectivity index (χ3v) is 4.43. The molecule has 2 amide bonds. The zero-order chi connectivity index (χ0) is 15.0. The van der Waals surface area contributed by atoms with Gasteiger partial charge >= 0.3 is 0 Å². The standard InChI is InChI=1S/C16H21N3O2/c1-3-13-15(20)18-7-5-4-6-14(18)16(21)19(13)12-8-11(2)9-17-10-12/h8-10,13-14H,3-7H2,1-2H3. The molecule has 0 N–H and O–H groups in total. The second-order valence-corrected chi connectivity index (χ2v) is 5.90. The number of aromatic nitrogens is 1. The number of anilines is 1. The average Bonchev–Trinajstić information content (AvgIpc) is 2.50. The number of piperidine rings is 1. The van der Waals surface area contributed by atoms with Gasteiger partial charge in [0.1, 0.15) is 12.1 Å². The molecule has 0 bridgehead atoms. The number of carbonyl (C=O) groups excluding carboxylic acids is 2. The molecule has 0 aromatic carbocycles. The number of nitrogens with zero attached hydrogens (tertiary/aromatic N) is 3. The first-order chi connectivity index (χ1) is 10.1. The monoisotopic (exact) mass is 287 g/mol. The molecule has 2 unspecified atom stereocenters. The van der Waals surface area contributed by atoms with Gasteiger partial charge in [-0.2, -0.15) is 0 Å². The largest absolute Gasteiger partial charge is 0.329 e. The van der Waals surface area contributed by atoms with Crippen LogP contribution in [0.15, 0.2) is 18.5 Å². The van der Waals surface area contributed by atoms with Crippen molar-refractivity contribution < 1.29 is 9.59 Å². The van der Waals surface area contributed by atoms with Gasteiger partial charge in [-0.15, -0.1) is 0 Å². The number of pyridine rings is 1. The van der Waals surface area contributed by atoms with Crippen molar-refractivity contribution in [3.63, 3.8) is 0 Å². The molecule has 5 nitrogen and oxygen atoms in total. The Bertz CT molecular complexity index is 572. The lowest BCUT2D eigenvalue weighted by Gasteiger charge is -2.46. The highest BCUT2D eigenvalue weighted by atomic mass is 16.2. The molecule has 2 atom stereocenters. The minimum absolute atomic E-state index is 0.0496. The summed E-state index contributed by atoms with van der Waals surface area (Å²) in [6.45, 7) is 4.61. The highest BCUT2D eigenvalue weighted by Gasteiger charge is 2.46. The lowest BCUT2D eigenvalue weighted by Crippen LogP contribution is -2.66. The molecule has 2 fully saturated rings. The molecular weight excluding hydrogens is 266 g/mol. The second-order valence-electron chi connectivity index (χ2n) is 5.90. The van der Waals surface area contributed by atoms with Crippen LogP contribution in [0.1, 0.15) is 38.2 Å². The Morgan fingerprint density at radius 3 is 2.76 bits per heavy atom. The van der Waals surface area contributed by atoms with Crippen molar-refractivity contribution in [2.75, 3.05) is 11.4 Å². The SMILES string of the molecule is CCC1C(=O)N2CCCCC2C(=O)N1c1cncc(C)c1. The predicted molar refractivity (Wildman–Crippen MR) is 79.9 cm³/mol. The maximum Gasteiger partial charge on any atom is 0.250 e. The van der Waals surface area contributed by atoms with Crippen molar-refractivity contribution in [3.8, 4) is 0 Å². The second kappa shape index (κ2) is 5.47. The molecule has 112 valence electrons. The Labute approximate surface area is 124 Å². The molecule has 2 aliphatic rings. The molecule has 1 aromatic rings. The van der Waals surface area contributed by atoms with Crippen molar-refractivity contribution in [2.45, 2.75) is 51.6 Å². The molecule has 0 radical (unpaired) electrons. The van der Waals surface area contributed by atoms with Crippen LogP contribution in [0.2, 0.25) is 0 Å². The number of rotatable bonds is 2. The van der Waals surface area contributed by atoms with Gasteiger partial charge in [-0.25, -0.2) is 0 Å². The van der Waals surface area contributed by atoms with Crippen molar-refractivity contribution in [1.82, 2.24) is 9.88 Å². The van der Waals surface area contributed by atoms with Crippen LogP contribution in [0.3, 0.4) is 0 Å². The highest BCUT2D eigenvalue weighted by molar-refractivity contribution is 6.08. The van der Waals surface area contributed by atoms with Gasteiger partial charge in [0.25, 0.3) is 5.91 Å². The number of fused-ring (bicyclic) bond motifs is 1. The highest BCUT2D eigenvalue weighted by Crippen LogP contribution is 2.31. The van der Waals surface area contributed by atoms with Crippen molar-refractivity contribution in [2.24, 2.45) is 0 Å². The first-order valence-corrected chi connectivity index (χ1v) is 7.68. The molecule has 2 aliphatic heterocycles. The normalized spacial score (nSPS) is 26.0. The summed E-state index contributed by atoms with van der Waals surface area (Å²) in [7, 11) is 0. The lowest BCUT2D eigenvalue weighted by molar-refractivity contribution is -0.148. The number of carbonyl (C=O) groups is 2. The smallest absolute Gasteiger partial charge is 0.250 e. The molecule has 3 rings (SSSR count). The van der Waals surface area contributed by atoms with Crippen LogP contribution in [0.25, 0.3) is 0 Å². The maximum atomic E-state index is 12.9. The van der Waals surface area contributed by atoms with Crippen LogP contribution in [0, 0.1) is 6.92 Å². The summed E-state index contributed by atoms with van der Waals surface area (Å²) in [6, 6.07) is 1.25. The number of hydrogen-bond acceptors (Lipinski definition) is 3. The minimum Gasteiger partial charge on any atom is -0.329 e. The zero-order valence-electron chi connectivity index (χ0n) is 12.6. The summed E-state index contributed by atoms with van der Waals surface area (Å²) in [5.41, 5.74) is 1.74. The zero-order valence-corrected chi connectivity index (χ0v) is 12.6. The van der Waals surface area contributed by atoms with E-state index in [1.54, 1.807) is 22.2 Å². The van der Waals surface area contributed by atoms with Crippen LogP contribution in [-0.2, 0) is 9.59 Å². The van der Waals surface area contributed by atoms with E-state index >= 15 is 0 Å². The van der Waals surface area contributed by atoms with Gasteiger partial charge in [-0.3, -0.25) is 19.5 Å². The lowest BCUT2D eigenvalue weighted by atomic mass is 9.94. The van der Waals surface area contributed by atoms with Gasteiger partial charge in [0, 0.05) is 12.7 Å². The fraction of sp³-hybridized carbons (Fsp3) is 0.562. The third-order valence-electron chi connectivity index (χ3n) is 4.43. The van der Waals surface area contributed by atoms with E-state index in [1.165, 1.54) is 0 Å². The molecule has 0 saturated carbocycles. The molecule has 1 aromatic heterocycles. The molecule has 0 aliphatic carbocycles. The van der Waals surface area contributed by atoms with Crippen molar-refractivity contribution in [1.29, 1.82) is 0 Å². The Balaban J connectivity index is 2.01. The number of amides is 2. The van der Waals surface area contributed by atoms with E-state index in [2.05, 4.69) is 4.98 Å². The van der Waals surface area contributed by atoms with Crippen LogP contribution >= 0.6 is 0 Å². The van der Waals surface area contributed by atoms with Crippen molar-refractivity contribution >= 4 is 17.5 Å². The fourth-order valence-electron chi connectivity index (χ4n) is 3.40. The minimum atomic E-state index is -0.393. The maximum absolute atomic E-state index is 12.9. The van der Waals surface area contributed by atoms with Crippen molar-refractivity contribution in [3.05, 3.63) is 24.0 Å². The number of piperazine rings is 1. The molecule has 5 heteroatoms. The Hall–Kier alpha value is -1.91. The van der Waals surface area contributed by atoms with Gasteiger partial charge < -0.3 is 4.90 Å². The van der Waals surface area contributed by atoms with Gasteiger partial charge in [-0.05, 0) is 44.2 Å². The summed E-state index contributed by atoms with van der Waals surface area (Å²) in [4.78, 5) is 33.2. The molecule has 3 heterocycles. The van der Waals surface area contributed by atoms with Crippen LogP contribution in [-0.4, -0.2) is 40.3 Å². The fourth-order valence-corrected chi connectivity index (χ4v) is 3.40. The van der Waals surface area contributed by atoms with Crippen LogP contribution < -0.4 is 4.90 Å².